The Hall–Kier alpha value is -1.55. The number of rotatable bonds is 3. The standard InChI is InChI=1S/C15H12BrClN2O2S/c1-10-7-12(4-6-14(10)16)19(2)22(20,21)13-5-3-11(9-18)15(17)8-13/h3-8H,1-2H3. The van der Waals surface area contributed by atoms with Crippen LogP contribution in [0.25, 0.3) is 0 Å². The molecule has 0 aliphatic rings. The Kier molecular flexibility index (Phi) is 4.81. The third kappa shape index (κ3) is 3.12. The van der Waals surface area contributed by atoms with Gasteiger partial charge in [0.15, 0.2) is 0 Å². The number of aryl methyl sites for hydroxylation is 1. The Balaban J connectivity index is 2.47. The van der Waals surface area contributed by atoms with Gasteiger partial charge in [0.05, 0.1) is 21.2 Å². The molecule has 7 heteroatoms. The molecule has 0 fully saturated rings. The van der Waals surface area contributed by atoms with Gasteiger partial charge >= 0.3 is 0 Å². The van der Waals surface area contributed by atoms with Crippen LogP contribution in [0.2, 0.25) is 5.02 Å². The average Bonchev–Trinajstić information content (AvgIpc) is 2.49. The number of halogens is 2. The van der Waals surface area contributed by atoms with Crippen LogP contribution in [-0.4, -0.2) is 15.5 Å². The molecule has 0 atom stereocenters. The van der Waals surface area contributed by atoms with Crippen LogP contribution in [0.3, 0.4) is 0 Å². The van der Waals surface area contributed by atoms with Crippen molar-refractivity contribution in [3.63, 3.8) is 0 Å². The molecule has 0 aromatic heterocycles. The van der Waals surface area contributed by atoms with E-state index in [1.807, 2.05) is 13.0 Å². The molecule has 0 heterocycles. The fourth-order valence-corrected chi connectivity index (χ4v) is 3.62. The normalized spacial score (nSPS) is 11.0. The van der Waals surface area contributed by atoms with Crippen LogP contribution < -0.4 is 4.31 Å². The van der Waals surface area contributed by atoms with E-state index in [4.69, 9.17) is 16.9 Å². The van der Waals surface area contributed by atoms with Gasteiger partial charge in [-0.15, -0.1) is 0 Å². The summed E-state index contributed by atoms with van der Waals surface area (Å²) in [5.74, 6) is 0. The molecule has 0 saturated heterocycles. The second kappa shape index (κ2) is 6.29. The maximum absolute atomic E-state index is 12.7. The summed E-state index contributed by atoms with van der Waals surface area (Å²) < 4.78 is 27.4. The van der Waals surface area contributed by atoms with Gasteiger partial charge < -0.3 is 0 Å². The fraction of sp³-hybridized carbons (Fsp3) is 0.133. The van der Waals surface area contributed by atoms with Crippen molar-refractivity contribution in [1.29, 1.82) is 5.26 Å². The van der Waals surface area contributed by atoms with E-state index >= 15 is 0 Å². The second-order valence-electron chi connectivity index (χ2n) is 4.66. The topological polar surface area (TPSA) is 61.2 Å². The molecule has 0 bridgehead atoms. The van der Waals surface area contributed by atoms with Gasteiger partial charge in [0.1, 0.15) is 6.07 Å². The second-order valence-corrected chi connectivity index (χ2v) is 7.89. The summed E-state index contributed by atoms with van der Waals surface area (Å²) >= 11 is 9.30. The first kappa shape index (κ1) is 16.8. The predicted octanol–water partition coefficient (Wildman–Crippen LogP) is 4.11. The van der Waals surface area contributed by atoms with E-state index < -0.39 is 10.0 Å². The zero-order chi connectivity index (χ0) is 16.5. The lowest BCUT2D eigenvalue weighted by Gasteiger charge is -2.20. The van der Waals surface area contributed by atoms with Crippen LogP contribution in [0.4, 0.5) is 5.69 Å². The van der Waals surface area contributed by atoms with E-state index in [9.17, 15) is 8.42 Å². The molecule has 0 spiro atoms. The van der Waals surface area contributed by atoms with Crippen LogP contribution >= 0.6 is 27.5 Å². The summed E-state index contributed by atoms with van der Waals surface area (Å²) in [6.45, 7) is 1.88. The van der Waals surface area contributed by atoms with Crippen molar-refractivity contribution < 1.29 is 8.42 Å². The van der Waals surface area contributed by atoms with Crippen LogP contribution in [-0.2, 0) is 10.0 Å². The number of nitriles is 1. The van der Waals surface area contributed by atoms with E-state index in [-0.39, 0.29) is 15.5 Å². The monoisotopic (exact) mass is 398 g/mol. The van der Waals surface area contributed by atoms with Gasteiger partial charge in [0, 0.05) is 11.5 Å². The summed E-state index contributed by atoms with van der Waals surface area (Å²) in [7, 11) is -2.27. The molecule has 114 valence electrons. The van der Waals surface area contributed by atoms with Gasteiger partial charge in [0.2, 0.25) is 0 Å². The fourth-order valence-electron chi connectivity index (χ4n) is 1.87. The van der Waals surface area contributed by atoms with E-state index in [1.54, 1.807) is 18.2 Å². The largest absolute Gasteiger partial charge is 0.269 e. The van der Waals surface area contributed by atoms with Crippen LogP contribution in [0.5, 0.6) is 0 Å². The lowest BCUT2D eigenvalue weighted by Crippen LogP contribution is -2.26. The molecular weight excluding hydrogens is 388 g/mol. The van der Waals surface area contributed by atoms with Crippen LogP contribution in [0.1, 0.15) is 11.1 Å². The van der Waals surface area contributed by atoms with Gasteiger partial charge in [-0.2, -0.15) is 5.26 Å². The molecule has 0 aliphatic carbocycles. The quantitative estimate of drug-likeness (QED) is 0.780. The van der Waals surface area contributed by atoms with Gasteiger partial charge in [-0.1, -0.05) is 27.5 Å². The molecule has 0 radical (unpaired) electrons. The lowest BCUT2D eigenvalue weighted by atomic mass is 10.2. The van der Waals surface area contributed by atoms with E-state index in [0.717, 1.165) is 10.0 Å². The summed E-state index contributed by atoms with van der Waals surface area (Å²) in [6.07, 6.45) is 0. The molecule has 2 aromatic carbocycles. The minimum absolute atomic E-state index is 0.0413. The minimum Gasteiger partial charge on any atom is -0.269 e. The molecule has 22 heavy (non-hydrogen) atoms. The molecule has 0 N–H and O–H groups in total. The van der Waals surface area contributed by atoms with Crippen molar-refractivity contribution in [1.82, 2.24) is 0 Å². The maximum atomic E-state index is 12.7. The predicted molar refractivity (Wildman–Crippen MR) is 90.6 cm³/mol. The minimum atomic E-state index is -3.74. The third-order valence-electron chi connectivity index (χ3n) is 3.22. The summed E-state index contributed by atoms with van der Waals surface area (Å²) in [6, 6.07) is 11.2. The van der Waals surface area contributed by atoms with Crippen molar-refractivity contribution in [3.05, 3.63) is 57.0 Å². The lowest BCUT2D eigenvalue weighted by molar-refractivity contribution is 0.594. The van der Waals surface area contributed by atoms with E-state index in [2.05, 4.69) is 15.9 Å². The Labute approximate surface area is 143 Å². The van der Waals surface area contributed by atoms with Crippen LogP contribution in [0.15, 0.2) is 45.8 Å². The molecule has 2 rings (SSSR count). The van der Waals surface area contributed by atoms with E-state index in [0.29, 0.717) is 5.69 Å². The summed E-state index contributed by atoms with van der Waals surface area (Å²) in [4.78, 5) is 0.0413. The van der Waals surface area contributed by atoms with Gasteiger partial charge in [-0.25, -0.2) is 8.42 Å². The van der Waals surface area contributed by atoms with Gasteiger partial charge in [0.25, 0.3) is 10.0 Å². The molecule has 0 saturated carbocycles. The average molecular weight is 400 g/mol. The maximum Gasteiger partial charge on any atom is 0.264 e. The molecule has 2 aromatic rings. The number of nitrogens with zero attached hydrogens (tertiary/aromatic N) is 2. The number of hydrogen-bond acceptors (Lipinski definition) is 3. The first-order valence-electron chi connectivity index (χ1n) is 6.22. The third-order valence-corrected chi connectivity index (χ3v) is 6.21. The first-order chi connectivity index (χ1) is 10.3. The van der Waals surface area contributed by atoms with Gasteiger partial charge in [-0.05, 0) is 48.9 Å². The number of hydrogen-bond donors (Lipinski definition) is 0. The Morgan fingerprint density at radius 3 is 2.45 bits per heavy atom. The van der Waals surface area contributed by atoms with Gasteiger partial charge in [-0.3, -0.25) is 4.31 Å². The van der Waals surface area contributed by atoms with Crippen molar-refractivity contribution >= 4 is 43.2 Å². The Bertz CT molecular complexity index is 876. The molecule has 0 aliphatic heterocycles. The zero-order valence-corrected chi connectivity index (χ0v) is 15.0. The van der Waals surface area contributed by atoms with Crippen molar-refractivity contribution in [2.24, 2.45) is 0 Å². The first-order valence-corrected chi connectivity index (χ1v) is 8.83. The van der Waals surface area contributed by atoms with Crippen LogP contribution in [0, 0.1) is 18.3 Å². The SMILES string of the molecule is Cc1cc(N(C)S(=O)(=O)c2ccc(C#N)c(Cl)c2)ccc1Br. The molecule has 0 unspecified atom stereocenters. The highest BCUT2D eigenvalue weighted by molar-refractivity contribution is 9.10. The van der Waals surface area contributed by atoms with Crippen molar-refractivity contribution in [2.75, 3.05) is 11.4 Å². The number of anilines is 1. The highest BCUT2D eigenvalue weighted by Gasteiger charge is 2.22. The Morgan fingerprint density at radius 1 is 1.23 bits per heavy atom. The highest BCUT2D eigenvalue weighted by atomic mass is 79.9. The smallest absolute Gasteiger partial charge is 0.264 e. The molecule has 4 nitrogen and oxygen atoms in total. The summed E-state index contributed by atoms with van der Waals surface area (Å²) in [5.41, 5.74) is 1.71. The number of sulfonamides is 1. The van der Waals surface area contributed by atoms with Crippen molar-refractivity contribution in [2.45, 2.75) is 11.8 Å². The zero-order valence-electron chi connectivity index (χ0n) is 11.8. The van der Waals surface area contributed by atoms with E-state index in [1.165, 1.54) is 29.6 Å². The molecule has 0 amide bonds. The number of benzene rings is 2. The highest BCUT2D eigenvalue weighted by Crippen LogP contribution is 2.28. The van der Waals surface area contributed by atoms with Crippen molar-refractivity contribution in [3.8, 4) is 6.07 Å². The molecular formula is C15H12BrClN2O2S. The Morgan fingerprint density at radius 2 is 1.91 bits per heavy atom. The summed E-state index contributed by atoms with van der Waals surface area (Å²) in [5, 5.41) is 8.97.